The van der Waals surface area contributed by atoms with Crippen LogP contribution in [0.3, 0.4) is 0 Å². The Hall–Kier alpha value is -2.33. The van der Waals surface area contributed by atoms with Crippen LogP contribution in [0.15, 0.2) is 47.5 Å². The van der Waals surface area contributed by atoms with Crippen molar-refractivity contribution in [1.82, 2.24) is 0 Å². The lowest BCUT2D eigenvalue weighted by atomic mass is 10.0. The fraction of sp³-hybridized carbons (Fsp3) is 0.278. The van der Waals surface area contributed by atoms with E-state index in [1.165, 1.54) is 5.56 Å². The van der Waals surface area contributed by atoms with Gasteiger partial charge in [-0.3, -0.25) is 4.99 Å². The summed E-state index contributed by atoms with van der Waals surface area (Å²) >= 11 is 0. The Labute approximate surface area is 131 Å². The van der Waals surface area contributed by atoms with E-state index in [2.05, 4.69) is 35.3 Å². The molecule has 0 aliphatic rings. The van der Waals surface area contributed by atoms with Crippen molar-refractivity contribution < 1.29 is 4.74 Å². The quantitative estimate of drug-likeness (QED) is 0.634. The molecule has 0 aromatic heterocycles. The zero-order valence-corrected chi connectivity index (χ0v) is 13.2. The molecule has 2 rings (SSSR count). The second-order valence-electron chi connectivity index (χ2n) is 5.16. The highest BCUT2D eigenvalue weighted by Crippen LogP contribution is 2.22. The fourth-order valence-corrected chi connectivity index (χ4v) is 2.38. The van der Waals surface area contributed by atoms with Crippen molar-refractivity contribution in [2.24, 2.45) is 16.5 Å². The van der Waals surface area contributed by atoms with Crippen LogP contribution in [-0.4, -0.2) is 20.0 Å². The smallest absolute Gasteiger partial charge is 0.125 e. The molecule has 116 valence electrons. The minimum absolute atomic E-state index is 0.538. The van der Waals surface area contributed by atoms with E-state index in [9.17, 15) is 0 Å². The predicted octanol–water partition coefficient (Wildman–Crippen LogP) is 2.27. The van der Waals surface area contributed by atoms with Crippen molar-refractivity contribution in [2.45, 2.75) is 19.4 Å². The van der Waals surface area contributed by atoms with Crippen LogP contribution in [0, 0.1) is 0 Å². The Balaban J connectivity index is 2.16. The van der Waals surface area contributed by atoms with E-state index in [-0.39, 0.29) is 0 Å². The number of nitrogens with zero attached hydrogens (tertiary/aromatic N) is 1. The number of aryl methyl sites for hydroxylation is 2. The van der Waals surface area contributed by atoms with E-state index in [4.69, 9.17) is 16.2 Å². The summed E-state index contributed by atoms with van der Waals surface area (Å²) in [6.07, 6.45) is 1.82. The van der Waals surface area contributed by atoms with Crippen LogP contribution in [0.2, 0.25) is 0 Å². The van der Waals surface area contributed by atoms with Crippen LogP contribution < -0.4 is 16.2 Å². The molecule has 0 bridgehead atoms. The first-order valence-corrected chi connectivity index (χ1v) is 7.35. The van der Waals surface area contributed by atoms with Gasteiger partial charge < -0.3 is 16.2 Å². The number of benzene rings is 2. The third-order valence-corrected chi connectivity index (χ3v) is 3.76. The largest absolute Gasteiger partial charge is 0.496 e. The molecule has 0 fully saturated rings. The molecule has 4 N–H and O–H groups in total. The van der Waals surface area contributed by atoms with Crippen LogP contribution >= 0.6 is 0 Å². The highest BCUT2D eigenvalue weighted by Gasteiger charge is 2.07. The molecule has 4 nitrogen and oxygen atoms in total. The van der Waals surface area contributed by atoms with E-state index >= 15 is 0 Å². The molecule has 0 heterocycles. The van der Waals surface area contributed by atoms with Crippen LogP contribution in [-0.2, 0) is 19.4 Å². The molecular weight excluding hydrogens is 274 g/mol. The van der Waals surface area contributed by atoms with Gasteiger partial charge in [-0.1, -0.05) is 24.3 Å². The summed E-state index contributed by atoms with van der Waals surface area (Å²) in [6, 6.07) is 14.3. The van der Waals surface area contributed by atoms with Gasteiger partial charge in [0.15, 0.2) is 0 Å². The highest BCUT2D eigenvalue weighted by molar-refractivity contribution is 5.97. The van der Waals surface area contributed by atoms with E-state index in [1.807, 2.05) is 12.1 Å². The minimum Gasteiger partial charge on any atom is -0.496 e. The van der Waals surface area contributed by atoms with Crippen molar-refractivity contribution in [3.63, 3.8) is 0 Å². The lowest BCUT2D eigenvalue weighted by Crippen LogP contribution is -2.13. The lowest BCUT2D eigenvalue weighted by molar-refractivity contribution is 0.409. The molecule has 2 aromatic carbocycles. The van der Waals surface area contributed by atoms with Gasteiger partial charge >= 0.3 is 0 Å². The molecule has 0 aliphatic carbocycles. The van der Waals surface area contributed by atoms with Crippen LogP contribution in [0.5, 0.6) is 5.75 Å². The summed E-state index contributed by atoms with van der Waals surface area (Å²) in [5.74, 6) is 1.42. The van der Waals surface area contributed by atoms with Crippen LogP contribution in [0.4, 0.5) is 0 Å². The monoisotopic (exact) mass is 297 g/mol. The predicted molar refractivity (Wildman–Crippen MR) is 91.4 cm³/mol. The maximum Gasteiger partial charge on any atom is 0.125 e. The molecule has 0 atom stereocenters. The molecule has 22 heavy (non-hydrogen) atoms. The lowest BCUT2D eigenvalue weighted by Gasteiger charge is -2.11. The molecule has 0 spiro atoms. The van der Waals surface area contributed by atoms with Gasteiger partial charge in [-0.25, -0.2) is 0 Å². The Bertz CT molecular complexity index is 648. The molecule has 0 saturated carbocycles. The molecule has 4 heteroatoms. The van der Waals surface area contributed by atoms with Gasteiger partial charge in [-0.2, -0.15) is 0 Å². The molecule has 0 radical (unpaired) electrons. The van der Waals surface area contributed by atoms with Crippen molar-refractivity contribution >= 4 is 5.84 Å². The summed E-state index contributed by atoms with van der Waals surface area (Å²) in [5, 5.41) is 0. The average Bonchev–Trinajstić information content (AvgIpc) is 2.59. The van der Waals surface area contributed by atoms with Gasteiger partial charge in [0.1, 0.15) is 11.6 Å². The Morgan fingerprint density at radius 3 is 2.32 bits per heavy atom. The fourth-order valence-electron chi connectivity index (χ4n) is 2.38. The number of aliphatic imine (C=N–C) groups is 1. The standard InChI is InChI=1S/C18H23N3O/c1-21-18(20)16-9-10-17(22-2)15(11-16)8-7-13-3-5-14(12-19)6-4-13/h3-6,9-11H,7-8,12,19H2,1-2H3,(H2,20,21). The molecule has 0 saturated heterocycles. The zero-order chi connectivity index (χ0) is 15.9. The summed E-state index contributed by atoms with van der Waals surface area (Å²) in [7, 11) is 3.38. The van der Waals surface area contributed by atoms with E-state index in [1.54, 1.807) is 14.2 Å². The van der Waals surface area contributed by atoms with Gasteiger partial charge in [0.2, 0.25) is 0 Å². The van der Waals surface area contributed by atoms with Gasteiger partial charge in [-0.05, 0) is 47.7 Å². The number of hydrogen-bond donors (Lipinski definition) is 2. The van der Waals surface area contributed by atoms with E-state index in [0.29, 0.717) is 12.4 Å². The third-order valence-electron chi connectivity index (χ3n) is 3.76. The highest BCUT2D eigenvalue weighted by atomic mass is 16.5. The SMILES string of the molecule is CN=C(N)c1ccc(OC)c(CCc2ccc(CN)cc2)c1. The molecular formula is C18H23N3O. The number of amidine groups is 1. The van der Waals surface area contributed by atoms with Crippen LogP contribution in [0.1, 0.15) is 22.3 Å². The summed E-state index contributed by atoms with van der Waals surface area (Å²) in [6.45, 7) is 0.575. The first kappa shape index (κ1) is 16.0. The number of methoxy groups -OCH3 is 1. The van der Waals surface area contributed by atoms with Crippen molar-refractivity contribution in [2.75, 3.05) is 14.2 Å². The molecule has 0 aliphatic heterocycles. The zero-order valence-electron chi connectivity index (χ0n) is 13.2. The molecule has 0 unspecified atom stereocenters. The number of nitrogens with two attached hydrogens (primary N) is 2. The number of hydrogen-bond acceptors (Lipinski definition) is 3. The average molecular weight is 297 g/mol. The number of rotatable bonds is 6. The Morgan fingerprint density at radius 1 is 1.05 bits per heavy atom. The normalized spacial score (nSPS) is 11.5. The van der Waals surface area contributed by atoms with Gasteiger partial charge in [0, 0.05) is 19.2 Å². The maximum absolute atomic E-state index is 5.89. The first-order chi connectivity index (χ1) is 10.7. The van der Waals surface area contributed by atoms with E-state index in [0.717, 1.165) is 35.3 Å². The summed E-state index contributed by atoms with van der Waals surface area (Å²) < 4.78 is 5.44. The molecule has 0 amide bonds. The third kappa shape index (κ3) is 3.86. The summed E-state index contributed by atoms with van der Waals surface area (Å²) in [4.78, 5) is 4.03. The topological polar surface area (TPSA) is 73.6 Å². The van der Waals surface area contributed by atoms with E-state index < -0.39 is 0 Å². The second kappa shape index (κ2) is 7.61. The van der Waals surface area contributed by atoms with Crippen LogP contribution in [0.25, 0.3) is 0 Å². The van der Waals surface area contributed by atoms with Gasteiger partial charge in [-0.15, -0.1) is 0 Å². The summed E-state index contributed by atoms with van der Waals surface area (Å²) in [5.41, 5.74) is 16.0. The van der Waals surface area contributed by atoms with Crippen molar-refractivity contribution in [3.05, 3.63) is 64.7 Å². The second-order valence-corrected chi connectivity index (χ2v) is 5.16. The Morgan fingerprint density at radius 2 is 1.73 bits per heavy atom. The minimum atomic E-state index is 0.538. The Kier molecular flexibility index (Phi) is 5.55. The first-order valence-electron chi connectivity index (χ1n) is 7.35. The maximum atomic E-state index is 5.89. The number of ether oxygens (including phenoxy) is 1. The van der Waals surface area contributed by atoms with Gasteiger partial charge in [0.25, 0.3) is 0 Å². The van der Waals surface area contributed by atoms with Gasteiger partial charge in [0.05, 0.1) is 7.11 Å². The van der Waals surface area contributed by atoms with Crippen molar-refractivity contribution in [1.29, 1.82) is 0 Å². The van der Waals surface area contributed by atoms with Crippen molar-refractivity contribution in [3.8, 4) is 5.75 Å². The molecule has 2 aromatic rings.